The predicted molar refractivity (Wildman–Crippen MR) is 100 cm³/mol. The van der Waals surface area contributed by atoms with Gasteiger partial charge in [0.15, 0.2) is 0 Å². The van der Waals surface area contributed by atoms with Gasteiger partial charge >= 0.3 is 0 Å². The van der Waals surface area contributed by atoms with Crippen molar-refractivity contribution in [3.05, 3.63) is 35.5 Å². The Hall–Kier alpha value is -1.36. The number of fused-ring (bicyclic) bond motifs is 1. The predicted octanol–water partition coefficient (Wildman–Crippen LogP) is 3.39. The Bertz CT molecular complexity index is 613. The quantitative estimate of drug-likeness (QED) is 0.763. The number of benzene rings is 1. The normalized spacial score (nSPS) is 11.3. The summed E-state index contributed by atoms with van der Waals surface area (Å²) in [5.41, 5.74) is 7.95. The van der Waals surface area contributed by atoms with E-state index in [2.05, 4.69) is 34.7 Å². The zero-order valence-corrected chi connectivity index (χ0v) is 14.9. The Labute approximate surface area is 144 Å². The van der Waals surface area contributed by atoms with E-state index in [4.69, 9.17) is 17.3 Å². The van der Waals surface area contributed by atoms with Gasteiger partial charge in [0.05, 0.1) is 5.52 Å². The molecule has 23 heavy (non-hydrogen) atoms. The van der Waals surface area contributed by atoms with Crippen LogP contribution in [0, 0.1) is 0 Å². The Kier molecular flexibility index (Phi) is 7.09. The van der Waals surface area contributed by atoms with Crippen LogP contribution in [-0.2, 0) is 0 Å². The van der Waals surface area contributed by atoms with Crippen molar-refractivity contribution >= 4 is 28.2 Å². The Morgan fingerprint density at radius 2 is 1.87 bits per heavy atom. The molecule has 5 heteroatoms. The van der Waals surface area contributed by atoms with Crippen molar-refractivity contribution in [3.8, 4) is 0 Å². The number of pyridine rings is 1. The van der Waals surface area contributed by atoms with E-state index in [1.165, 1.54) is 5.69 Å². The zero-order chi connectivity index (χ0) is 16.7. The minimum Gasteiger partial charge on any atom is -0.370 e. The molecule has 0 radical (unpaired) electrons. The van der Waals surface area contributed by atoms with Crippen LogP contribution in [0.4, 0.5) is 5.69 Å². The SMILES string of the molecule is CCN(CC)CCCN(CCN)c1ccnc2cc(Cl)ccc12. The Morgan fingerprint density at radius 1 is 1.09 bits per heavy atom. The second kappa shape index (κ2) is 9.06. The third kappa shape index (κ3) is 4.80. The molecule has 0 bridgehead atoms. The summed E-state index contributed by atoms with van der Waals surface area (Å²) in [7, 11) is 0. The second-order valence-corrected chi connectivity index (χ2v) is 6.08. The molecule has 0 saturated heterocycles. The van der Waals surface area contributed by atoms with Gasteiger partial charge in [0.2, 0.25) is 0 Å². The van der Waals surface area contributed by atoms with E-state index in [1.807, 2.05) is 24.4 Å². The number of aromatic nitrogens is 1. The van der Waals surface area contributed by atoms with E-state index in [1.54, 1.807) is 0 Å². The summed E-state index contributed by atoms with van der Waals surface area (Å²) in [5.74, 6) is 0. The lowest BCUT2D eigenvalue weighted by atomic mass is 10.1. The lowest BCUT2D eigenvalue weighted by Crippen LogP contribution is -2.33. The molecule has 126 valence electrons. The highest BCUT2D eigenvalue weighted by Crippen LogP contribution is 2.27. The molecule has 2 N–H and O–H groups in total. The van der Waals surface area contributed by atoms with Crippen LogP contribution < -0.4 is 10.6 Å². The van der Waals surface area contributed by atoms with E-state index in [0.29, 0.717) is 11.6 Å². The van der Waals surface area contributed by atoms with Gasteiger partial charge in [-0.25, -0.2) is 0 Å². The van der Waals surface area contributed by atoms with Crippen LogP contribution in [0.2, 0.25) is 5.02 Å². The highest BCUT2D eigenvalue weighted by molar-refractivity contribution is 6.31. The van der Waals surface area contributed by atoms with Gasteiger partial charge in [-0.15, -0.1) is 0 Å². The number of rotatable bonds is 9. The summed E-state index contributed by atoms with van der Waals surface area (Å²) in [4.78, 5) is 9.24. The molecular weight excluding hydrogens is 308 g/mol. The average molecular weight is 335 g/mol. The molecule has 0 spiro atoms. The Morgan fingerprint density at radius 3 is 2.57 bits per heavy atom. The molecule has 0 saturated carbocycles. The molecule has 0 fully saturated rings. The lowest BCUT2D eigenvalue weighted by molar-refractivity contribution is 0.300. The van der Waals surface area contributed by atoms with Crippen LogP contribution in [0.1, 0.15) is 20.3 Å². The third-order valence-electron chi connectivity index (χ3n) is 4.22. The minimum atomic E-state index is 0.642. The van der Waals surface area contributed by atoms with E-state index in [9.17, 15) is 0 Å². The van der Waals surface area contributed by atoms with Gasteiger partial charge in [0.25, 0.3) is 0 Å². The van der Waals surface area contributed by atoms with Gasteiger partial charge in [-0.2, -0.15) is 0 Å². The Balaban J connectivity index is 2.17. The second-order valence-electron chi connectivity index (χ2n) is 5.65. The van der Waals surface area contributed by atoms with Crippen LogP contribution >= 0.6 is 11.6 Å². The third-order valence-corrected chi connectivity index (χ3v) is 4.45. The van der Waals surface area contributed by atoms with Crippen LogP contribution in [0.25, 0.3) is 10.9 Å². The van der Waals surface area contributed by atoms with Crippen LogP contribution in [-0.4, -0.2) is 49.2 Å². The van der Waals surface area contributed by atoms with Crippen molar-refractivity contribution in [2.45, 2.75) is 20.3 Å². The molecule has 0 aliphatic carbocycles. The molecule has 4 nitrogen and oxygen atoms in total. The fourth-order valence-corrected chi connectivity index (χ4v) is 3.08. The highest BCUT2D eigenvalue weighted by atomic mass is 35.5. The average Bonchev–Trinajstić information content (AvgIpc) is 2.57. The van der Waals surface area contributed by atoms with Crippen molar-refractivity contribution in [1.29, 1.82) is 0 Å². The van der Waals surface area contributed by atoms with Gasteiger partial charge in [0, 0.05) is 41.9 Å². The fraction of sp³-hybridized carbons (Fsp3) is 0.500. The molecule has 0 unspecified atom stereocenters. The minimum absolute atomic E-state index is 0.642. The zero-order valence-electron chi connectivity index (χ0n) is 14.1. The van der Waals surface area contributed by atoms with Crippen molar-refractivity contribution in [2.75, 3.05) is 44.2 Å². The first-order valence-electron chi connectivity index (χ1n) is 8.41. The topological polar surface area (TPSA) is 45.4 Å². The summed E-state index contributed by atoms with van der Waals surface area (Å²) < 4.78 is 0. The summed E-state index contributed by atoms with van der Waals surface area (Å²) >= 11 is 6.08. The lowest BCUT2D eigenvalue weighted by Gasteiger charge is -2.27. The monoisotopic (exact) mass is 334 g/mol. The summed E-state index contributed by atoms with van der Waals surface area (Å²) in [6.07, 6.45) is 2.97. The molecule has 0 aliphatic heterocycles. The summed E-state index contributed by atoms with van der Waals surface area (Å²) in [6, 6.07) is 7.96. The summed E-state index contributed by atoms with van der Waals surface area (Å²) in [5, 5.41) is 1.85. The number of halogens is 1. The smallest absolute Gasteiger partial charge is 0.0737 e. The first-order chi connectivity index (χ1) is 11.2. The molecular formula is C18H27ClN4. The molecule has 2 rings (SSSR count). The standard InChI is InChI=1S/C18H27ClN4/c1-3-22(4-2)11-5-12-23(13-9-20)18-8-10-21-17-14-15(19)6-7-16(17)18/h6-8,10,14H,3-5,9,11-13,20H2,1-2H3. The van der Waals surface area contributed by atoms with Crippen molar-refractivity contribution < 1.29 is 0 Å². The molecule has 0 aliphatic rings. The van der Waals surface area contributed by atoms with Crippen LogP contribution in [0.5, 0.6) is 0 Å². The molecule has 0 atom stereocenters. The van der Waals surface area contributed by atoms with Crippen molar-refractivity contribution in [1.82, 2.24) is 9.88 Å². The largest absolute Gasteiger partial charge is 0.370 e. The van der Waals surface area contributed by atoms with Crippen LogP contribution in [0.3, 0.4) is 0 Å². The van der Waals surface area contributed by atoms with E-state index >= 15 is 0 Å². The van der Waals surface area contributed by atoms with E-state index < -0.39 is 0 Å². The van der Waals surface area contributed by atoms with Crippen molar-refractivity contribution in [2.24, 2.45) is 5.73 Å². The van der Waals surface area contributed by atoms with Gasteiger partial charge < -0.3 is 15.5 Å². The van der Waals surface area contributed by atoms with Crippen molar-refractivity contribution in [3.63, 3.8) is 0 Å². The fourth-order valence-electron chi connectivity index (χ4n) is 2.92. The number of nitrogens with zero attached hydrogens (tertiary/aromatic N) is 3. The first-order valence-corrected chi connectivity index (χ1v) is 8.79. The molecule has 1 heterocycles. The van der Waals surface area contributed by atoms with Gasteiger partial charge in [0.1, 0.15) is 0 Å². The number of nitrogens with two attached hydrogens (primary N) is 1. The molecule has 0 amide bonds. The maximum absolute atomic E-state index is 6.08. The van der Waals surface area contributed by atoms with E-state index in [0.717, 1.165) is 50.0 Å². The van der Waals surface area contributed by atoms with Gasteiger partial charge in [-0.3, -0.25) is 4.98 Å². The molecule has 1 aromatic heterocycles. The number of hydrogen-bond acceptors (Lipinski definition) is 4. The highest BCUT2D eigenvalue weighted by Gasteiger charge is 2.11. The summed E-state index contributed by atoms with van der Waals surface area (Å²) in [6.45, 7) is 10.2. The number of anilines is 1. The molecule has 1 aromatic carbocycles. The number of hydrogen-bond donors (Lipinski definition) is 1. The van der Waals surface area contributed by atoms with E-state index in [-0.39, 0.29) is 0 Å². The van der Waals surface area contributed by atoms with Gasteiger partial charge in [-0.1, -0.05) is 25.4 Å². The van der Waals surface area contributed by atoms with Gasteiger partial charge in [-0.05, 0) is 50.3 Å². The maximum Gasteiger partial charge on any atom is 0.0737 e. The molecule has 2 aromatic rings. The maximum atomic E-state index is 6.08. The van der Waals surface area contributed by atoms with Crippen LogP contribution in [0.15, 0.2) is 30.5 Å². The first kappa shape index (κ1) is 18.0.